The van der Waals surface area contributed by atoms with Crippen molar-refractivity contribution in [3.63, 3.8) is 0 Å². The Hall–Kier alpha value is -2.69. The van der Waals surface area contributed by atoms with Crippen molar-refractivity contribution in [3.05, 3.63) is 42.4 Å². The zero-order chi connectivity index (χ0) is 13.3. The maximum Gasteiger partial charge on any atom is 0.341 e. The molecule has 5 heterocycles. The van der Waals surface area contributed by atoms with Crippen LogP contribution < -0.4 is 4.57 Å². The number of hydrogen-bond donors (Lipinski definition) is 0. The molecule has 0 radical (unpaired) electrons. The van der Waals surface area contributed by atoms with Crippen LogP contribution in [0.15, 0.2) is 41.2 Å². The molecule has 5 rings (SSSR count). The van der Waals surface area contributed by atoms with Crippen molar-refractivity contribution in [2.24, 2.45) is 7.05 Å². The Kier molecular flexibility index (Phi) is 1.65. The van der Waals surface area contributed by atoms with Crippen LogP contribution in [-0.4, -0.2) is 14.5 Å². The van der Waals surface area contributed by atoms with Crippen LogP contribution in [0.5, 0.6) is 0 Å². The van der Waals surface area contributed by atoms with Gasteiger partial charge in [0.1, 0.15) is 6.54 Å². The van der Waals surface area contributed by atoms with E-state index >= 15 is 0 Å². The van der Waals surface area contributed by atoms with Crippen LogP contribution in [-0.2, 0) is 13.6 Å². The number of nitrogens with zero attached hydrogens (tertiary/aromatic N) is 4. The molecule has 0 N–H and O–H groups in total. The van der Waals surface area contributed by atoms with Crippen LogP contribution in [0.3, 0.4) is 0 Å². The summed E-state index contributed by atoms with van der Waals surface area (Å²) in [6.45, 7) is 0.824. The normalized spacial score (nSPS) is 13.1. The highest BCUT2D eigenvalue weighted by Crippen LogP contribution is 2.34. The Labute approximate surface area is 114 Å². The maximum absolute atomic E-state index is 5.96. The molecule has 0 aromatic carbocycles. The van der Waals surface area contributed by atoms with Crippen molar-refractivity contribution < 1.29 is 8.98 Å². The number of hydrogen-bond acceptors (Lipinski definition) is 3. The number of imidazole rings is 1. The molecule has 5 heteroatoms. The zero-order valence-electron chi connectivity index (χ0n) is 10.9. The van der Waals surface area contributed by atoms with E-state index in [0.717, 1.165) is 29.0 Å². The Bertz CT molecular complexity index is 996. The molecule has 0 fully saturated rings. The summed E-state index contributed by atoms with van der Waals surface area (Å²) in [5, 5.41) is 1.05. The standard InChI is InChI=1S/C15H11N4O/c1-18-12-10-3-2-5-17-13(10)20-15(12)19-8-9-4-6-16-7-11(9)14(18)19/h2-7H,8H2,1H3/q+1. The predicted molar refractivity (Wildman–Crippen MR) is 73.0 cm³/mol. The molecular weight excluding hydrogens is 252 g/mol. The second kappa shape index (κ2) is 3.25. The van der Waals surface area contributed by atoms with E-state index in [1.807, 2.05) is 24.5 Å². The van der Waals surface area contributed by atoms with Gasteiger partial charge >= 0.3 is 5.71 Å². The highest BCUT2D eigenvalue weighted by atomic mass is 16.4. The van der Waals surface area contributed by atoms with Crippen LogP contribution in [0.4, 0.5) is 0 Å². The number of aromatic nitrogens is 4. The van der Waals surface area contributed by atoms with Gasteiger partial charge in [-0.25, -0.2) is 9.55 Å². The molecule has 0 spiro atoms. The molecule has 96 valence electrons. The summed E-state index contributed by atoms with van der Waals surface area (Å²) >= 11 is 0. The van der Waals surface area contributed by atoms with Crippen LogP contribution in [0.25, 0.3) is 33.7 Å². The van der Waals surface area contributed by atoms with Gasteiger partial charge in [0.05, 0.1) is 18.0 Å². The van der Waals surface area contributed by atoms with E-state index in [9.17, 15) is 0 Å². The predicted octanol–water partition coefficient (Wildman–Crippen LogP) is 2.03. The molecule has 0 unspecified atom stereocenters. The molecular formula is C15H11N4O+. The van der Waals surface area contributed by atoms with Crippen molar-refractivity contribution in [2.75, 3.05) is 0 Å². The van der Waals surface area contributed by atoms with Crippen molar-refractivity contribution in [1.82, 2.24) is 14.5 Å². The van der Waals surface area contributed by atoms with Gasteiger partial charge in [0.2, 0.25) is 11.2 Å². The van der Waals surface area contributed by atoms with E-state index in [1.165, 1.54) is 11.1 Å². The first-order valence-electron chi connectivity index (χ1n) is 6.53. The molecule has 1 aliphatic rings. The van der Waals surface area contributed by atoms with Gasteiger partial charge in [0.15, 0.2) is 0 Å². The summed E-state index contributed by atoms with van der Waals surface area (Å²) in [5.74, 6) is 1.15. The van der Waals surface area contributed by atoms with Gasteiger partial charge in [0, 0.05) is 24.2 Å². The van der Waals surface area contributed by atoms with Gasteiger partial charge in [-0.05, 0) is 18.2 Å². The van der Waals surface area contributed by atoms with E-state index in [0.29, 0.717) is 5.71 Å². The quantitative estimate of drug-likeness (QED) is 0.402. The van der Waals surface area contributed by atoms with Crippen LogP contribution >= 0.6 is 0 Å². The van der Waals surface area contributed by atoms with Crippen molar-refractivity contribution >= 4 is 22.3 Å². The summed E-state index contributed by atoms with van der Waals surface area (Å²) in [6, 6.07) is 6.05. The van der Waals surface area contributed by atoms with Crippen LogP contribution in [0, 0.1) is 0 Å². The van der Waals surface area contributed by atoms with Crippen molar-refractivity contribution in [3.8, 4) is 11.4 Å². The minimum absolute atomic E-state index is 0.692. The molecule has 0 atom stereocenters. The third-order valence-corrected chi connectivity index (χ3v) is 4.06. The number of fused-ring (bicyclic) bond motifs is 7. The smallest absolute Gasteiger partial charge is 0.341 e. The fourth-order valence-electron chi connectivity index (χ4n) is 3.20. The summed E-state index contributed by atoms with van der Waals surface area (Å²) in [5.41, 5.74) is 5.13. The minimum atomic E-state index is 0.692. The molecule has 0 aliphatic carbocycles. The number of aryl methyl sites for hydroxylation is 1. The minimum Gasteiger partial charge on any atom is -0.400 e. The third-order valence-electron chi connectivity index (χ3n) is 4.06. The van der Waals surface area contributed by atoms with Crippen molar-refractivity contribution in [1.29, 1.82) is 0 Å². The van der Waals surface area contributed by atoms with Gasteiger partial charge in [0.25, 0.3) is 5.82 Å². The molecule has 1 aliphatic heterocycles. The lowest BCUT2D eigenvalue weighted by molar-refractivity contribution is -0.652. The second-order valence-electron chi connectivity index (χ2n) is 5.11. The van der Waals surface area contributed by atoms with Gasteiger partial charge in [-0.3, -0.25) is 4.98 Å². The first-order valence-corrected chi connectivity index (χ1v) is 6.53. The lowest BCUT2D eigenvalue weighted by Crippen LogP contribution is -2.31. The maximum atomic E-state index is 5.96. The third kappa shape index (κ3) is 1.02. The number of furan rings is 1. The fraction of sp³-hybridized carbons (Fsp3) is 0.133. The Balaban J connectivity index is 1.98. The van der Waals surface area contributed by atoms with E-state index in [2.05, 4.69) is 32.2 Å². The average molecular weight is 263 g/mol. The average Bonchev–Trinajstić information content (AvgIpc) is 3.10. The van der Waals surface area contributed by atoms with E-state index in [1.54, 1.807) is 6.20 Å². The molecule has 20 heavy (non-hydrogen) atoms. The summed E-state index contributed by atoms with van der Waals surface area (Å²) in [4.78, 5) is 8.54. The molecule has 4 aromatic heterocycles. The van der Waals surface area contributed by atoms with Gasteiger partial charge in [-0.1, -0.05) is 0 Å². The number of rotatable bonds is 0. The highest BCUT2D eigenvalue weighted by molar-refractivity contribution is 5.99. The summed E-state index contributed by atoms with van der Waals surface area (Å²) in [7, 11) is 2.07. The second-order valence-corrected chi connectivity index (χ2v) is 5.11. The molecule has 0 amide bonds. The SMILES string of the molecule is Cn1c2[n+](c3oc4ncccc4c31)Cc1ccncc1-2. The summed E-state index contributed by atoms with van der Waals surface area (Å²) < 4.78 is 10.3. The summed E-state index contributed by atoms with van der Waals surface area (Å²) in [6.07, 6.45) is 5.52. The molecule has 0 bridgehead atoms. The first kappa shape index (κ1) is 10.1. The van der Waals surface area contributed by atoms with Crippen LogP contribution in [0.1, 0.15) is 5.56 Å². The Morgan fingerprint density at radius 2 is 2.25 bits per heavy atom. The highest BCUT2D eigenvalue weighted by Gasteiger charge is 2.36. The lowest BCUT2D eigenvalue weighted by Gasteiger charge is -1.94. The molecule has 0 saturated heterocycles. The molecule has 5 nitrogen and oxygen atoms in total. The van der Waals surface area contributed by atoms with Gasteiger partial charge in [-0.15, -0.1) is 0 Å². The number of pyridine rings is 2. The van der Waals surface area contributed by atoms with Gasteiger partial charge in [-0.2, -0.15) is 4.57 Å². The Morgan fingerprint density at radius 3 is 3.20 bits per heavy atom. The first-order chi connectivity index (χ1) is 9.84. The molecule has 0 saturated carbocycles. The van der Waals surface area contributed by atoms with E-state index in [4.69, 9.17) is 4.42 Å². The van der Waals surface area contributed by atoms with E-state index in [-0.39, 0.29) is 0 Å². The Morgan fingerprint density at radius 1 is 1.30 bits per heavy atom. The van der Waals surface area contributed by atoms with Crippen molar-refractivity contribution in [2.45, 2.75) is 6.54 Å². The largest absolute Gasteiger partial charge is 0.400 e. The zero-order valence-corrected chi connectivity index (χ0v) is 10.9. The van der Waals surface area contributed by atoms with E-state index < -0.39 is 0 Å². The molecule has 4 aromatic rings. The van der Waals surface area contributed by atoms with Crippen LogP contribution in [0.2, 0.25) is 0 Å². The lowest BCUT2D eigenvalue weighted by atomic mass is 10.2. The topological polar surface area (TPSA) is 47.7 Å². The fourth-order valence-corrected chi connectivity index (χ4v) is 3.20. The monoisotopic (exact) mass is 263 g/mol. The van der Waals surface area contributed by atoms with Gasteiger partial charge < -0.3 is 4.42 Å².